The van der Waals surface area contributed by atoms with Crippen LogP contribution in [0.3, 0.4) is 0 Å². The number of halogens is 1. The van der Waals surface area contributed by atoms with Crippen molar-refractivity contribution in [2.45, 2.75) is 6.92 Å². The standard InChI is InChI=1S/C26H19FO5S/c1-15-3-7-17(27)13-21(15)24(30)26-25(20-11-8-18(28)14-22(20)33-26)32-19-9-4-16(5-10-19)6-12-23(29)31-2/h3-14,28H,1-2H3/b12-6+. The molecule has 0 aliphatic rings. The molecule has 0 amide bonds. The van der Waals surface area contributed by atoms with E-state index in [9.17, 15) is 19.1 Å². The number of methoxy groups -OCH3 is 1. The van der Waals surface area contributed by atoms with E-state index in [2.05, 4.69) is 4.74 Å². The topological polar surface area (TPSA) is 72.8 Å². The second kappa shape index (κ2) is 9.26. The number of aromatic hydroxyl groups is 1. The number of hydrogen-bond donors (Lipinski definition) is 1. The highest BCUT2D eigenvalue weighted by Crippen LogP contribution is 2.43. The smallest absolute Gasteiger partial charge is 0.330 e. The molecule has 3 aromatic carbocycles. The van der Waals surface area contributed by atoms with Crippen molar-refractivity contribution in [2.75, 3.05) is 7.11 Å². The Balaban J connectivity index is 1.74. The van der Waals surface area contributed by atoms with Gasteiger partial charge in [0.05, 0.1) is 7.11 Å². The summed E-state index contributed by atoms with van der Waals surface area (Å²) in [6.45, 7) is 1.74. The lowest BCUT2D eigenvalue weighted by atomic mass is 10.0. The van der Waals surface area contributed by atoms with Gasteiger partial charge in [0.25, 0.3) is 0 Å². The van der Waals surface area contributed by atoms with Gasteiger partial charge in [0, 0.05) is 21.7 Å². The number of rotatable bonds is 6. The number of ether oxygens (including phenoxy) is 2. The summed E-state index contributed by atoms with van der Waals surface area (Å²) in [6.07, 6.45) is 2.92. The molecule has 0 saturated heterocycles. The van der Waals surface area contributed by atoms with Crippen molar-refractivity contribution < 1.29 is 28.6 Å². The van der Waals surface area contributed by atoms with Crippen LogP contribution >= 0.6 is 11.3 Å². The van der Waals surface area contributed by atoms with E-state index in [1.165, 1.54) is 42.7 Å². The first kappa shape index (κ1) is 22.2. The van der Waals surface area contributed by atoms with Crippen LogP contribution in [0.25, 0.3) is 16.2 Å². The van der Waals surface area contributed by atoms with Crippen LogP contribution in [-0.2, 0) is 9.53 Å². The number of thiophene rings is 1. The minimum atomic E-state index is -0.499. The van der Waals surface area contributed by atoms with Crippen LogP contribution in [-0.4, -0.2) is 24.0 Å². The molecule has 5 nitrogen and oxygen atoms in total. The van der Waals surface area contributed by atoms with Gasteiger partial charge in [-0.05, 0) is 66.6 Å². The zero-order chi connectivity index (χ0) is 23.5. The molecule has 1 heterocycles. The largest absolute Gasteiger partial charge is 0.508 e. The van der Waals surface area contributed by atoms with Crippen molar-refractivity contribution >= 4 is 39.3 Å². The highest BCUT2D eigenvalue weighted by atomic mass is 32.1. The van der Waals surface area contributed by atoms with Gasteiger partial charge in [-0.1, -0.05) is 18.2 Å². The number of fused-ring (bicyclic) bond motifs is 1. The minimum absolute atomic E-state index is 0.0676. The molecule has 0 aliphatic heterocycles. The molecule has 0 radical (unpaired) electrons. The maximum absolute atomic E-state index is 13.9. The molecule has 1 aromatic heterocycles. The van der Waals surface area contributed by atoms with Crippen molar-refractivity contribution in [3.63, 3.8) is 0 Å². The Morgan fingerprint density at radius 3 is 2.52 bits per heavy atom. The van der Waals surface area contributed by atoms with Crippen LogP contribution in [0.15, 0.2) is 66.7 Å². The van der Waals surface area contributed by atoms with E-state index >= 15 is 0 Å². The number of ketones is 1. The second-order valence-electron chi connectivity index (χ2n) is 7.26. The van der Waals surface area contributed by atoms with E-state index in [0.717, 1.165) is 5.56 Å². The van der Waals surface area contributed by atoms with E-state index in [-0.39, 0.29) is 17.1 Å². The highest BCUT2D eigenvalue weighted by Gasteiger charge is 2.23. The van der Waals surface area contributed by atoms with Crippen LogP contribution in [0, 0.1) is 12.7 Å². The molecule has 0 spiro atoms. The Morgan fingerprint density at radius 2 is 1.79 bits per heavy atom. The lowest BCUT2D eigenvalue weighted by molar-refractivity contribution is -0.134. The normalized spacial score (nSPS) is 11.1. The van der Waals surface area contributed by atoms with E-state index in [4.69, 9.17) is 4.74 Å². The fourth-order valence-corrected chi connectivity index (χ4v) is 4.39. The predicted octanol–water partition coefficient (Wildman–Crippen LogP) is 6.26. The fraction of sp³-hybridized carbons (Fsp3) is 0.0769. The van der Waals surface area contributed by atoms with Gasteiger partial charge in [-0.3, -0.25) is 4.79 Å². The van der Waals surface area contributed by atoms with Gasteiger partial charge in [0.15, 0.2) is 5.75 Å². The maximum atomic E-state index is 13.9. The monoisotopic (exact) mass is 462 g/mol. The predicted molar refractivity (Wildman–Crippen MR) is 126 cm³/mol. The molecule has 0 bridgehead atoms. The number of esters is 1. The van der Waals surface area contributed by atoms with Crippen LogP contribution in [0.1, 0.15) is 26.4 Å². The summed E-state index contributed by atoms with van der Waals surface area (Å²) in [5.41, 5.74) is 1.66. The molecule has 7 heteroatoms. The van der Waals surface area contributed by atoms with Crippen molar-refractivity contribution in [1.29, 1.82) is 0 Å². The van der Waals surface area contributed by atoms with Crippen LogP contribution in [0.2, 0.25) is 0 Å². The Morgan fingerprint density at radius 1 is 1.03 bits per heavy atom. The van der Waals surface area contributed by atoms with E-state index in [1.807, 2.05) is 0 Å². The van der Waals surface area contributed by atoms with Gasteiger partial charge in [0.2, 0.25) is 5.78 Å². The quantitative estimate of drug-likeness (QED) is 0.208. The van der Waals surface area contributed by atoms with Gasteiger partial charge >= 0.3 is 5.97 Å². The second-order valence-corrected chi connectivity index (χ2v) is 8.31. The zero-order valence-electron chi connectivity index (χ0n) is 17.8. The summed E-state index contributed by atoms with van der Waals surface area (Å²) in [5.74, 6) is -0.442. The molecule has 0 atom stereocenters. The van der Waals surface area contributed by atoms with Crippen LogP contribution in [0.5, 0.6) is 17.2 Å². The number of aryl methyl sites for hydroxylation is 1. The number of carbonyl (C=O) groups is 2. The lowest BCUT2D eigenvalue weighted by Crippen LogP contribution is -2.04. The fourth-order valence-electron chi connectivity index (χ4n) is 3.27. The van der Waals surface area contributed by atoms with Crippen molar-refractivity contribution in [3.05, 3.63) is 94.1 Å². The van der Waals surface area contributed by atoms with Crippen molar-refractivity contribution in [1.82, 2.24) is 0 Å². The molecule has 0 saturated carbocycles. The summed E-state index contributed by atoms with van der Waals surface area (Å²) < 4.78 is 25.2. The van der Waals surface area contributed by atoms with E-state index in [0.29, 0.717) is 32.0 Å². The minimum Gasteiger partial charge on any atom is -0.508 e. The van der Waals surface area contributed by atoms with Gasteiger partial charge in [-0.25, -0.2) is 9.18 Å². The van der Waals surface area contributed by atoms with E-state index in [1.54, 1.807) is 55.5 Å². The molecule has 1 N–H and O–H groups in total. The molecular weight excluding hydrogens is 443 g/mol. The van der Waals surface area contributed by atoms with Gasteiger partial charge in [-0.15, -0.1) is 11.3 Å². The number of phenols is 1. The first-order valence-electron chi connectivity index (χ1n) is 9.96. The Hall–Kier alpha value is -3.97. The van der Waals surface area contributed by atoms with Crippen LogP contribution < -0.4 is 4.74 Å². The number of hydrogen-bond acceptors (Lipinski definition) is 6. The molecule has 4 aromatic rings. The lowest BCUT2D eigenvalue weighted by Gasteiger charge is -2.09. The molecule has 166 valence electrons. The van der Waals surface area contributed by atoms with Crippen LogP contribution in [0.4, 0.5) is 4.39 Å². The summed E-state index contributed by atoms with van der Waals surface area (Å²) in [4.78, 5) is 24.9. The average Bonchev–Trinajstić information content (AvgIpc) is 3.16. The molecule has 0 fully saturated rings. The summed E-state index contributed by atoms with van der Waals surface area (Å²) >= 11 is 1.17. The Bertz CT molecular complexity index is 1390. The van der Waals surface area contributed by atoms with Crippen molar-refractivity contribution in [2.24, 2.45) is 0 Å². The van der Waals surface area contributed by atoms with Crippen molar-refractivity contribution in [3.8, 4) is 17.2 Å². The SMILES string of the molecule is COC(=O)/C=C/c1ccc(Oc2c(C(=O)c3cc(F)ccc3C)sc3cc(O)ccc23)cc1. The number of carbonyl (C=O) groups excluding carboxylic acids is 2. The third kappa shape index (κ3) is 4.78. The third-order valence-corrected chi connectivity index (χ3v) is 6.12. The number of benzene rings is 3. The average molecular weight is 462 g/mol. The van der Waals surface area contributed by atoms with Gasteiger partial charge < -0.3 is 14.6 Å². The molecular formula is C26H19FO5S. The van der Waals surface area contributed by atoms with Gasteiger partial charge in [-0.2, -0.15) is 0 Å². The third-order valence-electron chi connectivity index (χ3n) is 4.99. The number of phenolic OH excluding ortho intramolecular Hbond substituents is 1. The first-order chi connectivity index (χ1) is 15.9. The highest BCUT2D eigenvalue weighted by molar-refractivity contribution is 7.21. The molecule has 0 aliphatic carbocycles. The summed E-state index contributed by atoms with van der Waals surface area (Å²) in [5, 5.41) is 10.5. The Labute approximate surface area is 193 Å². The van der Waals surface area contributed by atoms with Gasteiger partial charge in [0.1, 0.15) is 22.2 Å². The van der Waals surface area contributed by atoms with E-state index < -0.39 is 11.8 Å². The first-order valence-corrected chi connectivity index (χ1v) is 10.8. The molecule has 33 heavy (non-hydrogen) atoms. The maximum Gasteiger partial charge on any atom is 0.330 e. The Kier molecular flexibility index (Phi) is 6.24. The summed E-state index contributed by atoms with van der Waals surface area (Å²) in [7, 11) is 1.30. The molecule has 4 rings (SSSR count). The summed E-state index contributed by atoms with van der Waals surface area (Å²) in [6, 6.07) is 15.8. The molecule has 0 unspecified atom stereocenters. The zero-order valence-corrected chi connectivity index (χ0v) is 18.6.